The average Bonchev–Trinajstić information content (AvgIpc) is 2.81. The molecular formula is C22H29N5O6S. The number of carbonyl (C=O) groups is 3. The molecule has 0 bridgehead atoms. The van der Waals surface area contributed by atoms with E-state index < -0.39 is 33.8 Å². The summed E-state index contributed by atoms with van der Waals surface area (Å²) in [6.45, 7) is 0.353. The van der Waals surface area contributed by atoms with Gasteiger partial charge in [-0.25, -0.2) is 18.4 Å². The van der Waals surface area contributed by atoms with E-state index in [9.17, 15) is 22.8 Å². The molecule has 2 aromatic carbocycles. The molecule has 34 heavy (non-hydrogen) atoms. The molecule has 0 heterocycles. The average molecular weight is 492 g/mol. The Hall–Kier alpha value is -3.48. The molecule has 1 unspecified atom stereocenters. The minimum absolute atomic E-state index is 0.0168. The minimum Gasteiger partial charge on any atom is -0.462 e. The van der Waals surface area contributed by atoms with E-state index in [0.29, 0.717) is 37.1 Å². The lowest BCUT2D eigenvalue weighted by atomic mass is 10.1. The Morgan fingerprint density at radius 3 is 2.09 bits per heavy atom. The number of benzene rings is 2. The van der Waals surface area contributed by atoms with Gasteiger partial charge in [0.2, 0.25) is 10.0 Å². The van der Waals surface area contributed by atoms with Gasteiger partial charge in [-0.05, 0) is 74.3 Å². The first-order valence-electron chi connectivity index (χ1n) is 10.6. The normalized spacial score (nSPS) is 11.9. The van der Waals surface area contributed by atoms with Gasteiger partial charge in [0, 0.05) is 16.8 Å². The Labute approximate surface area is 198 Å². The number of nitrogens with two attached hydrogens (primary N) is 3. The fourth-order valence-corrected chi connectivity index (χ4v) is 3.45. The van der Waals surface area contributed by atoms with Crippen molar-refractivity contribution >= 4 is 33.5 Å². The molecule has 0 aliphatic rings. The van der Waals surface area contributed by atoms with Crippen molar-refractivity contribution in [2.75, 3.05) is 25.4 Å². The molecule has 184 valence electrons. The van der Waals surface area contributed by atoms with E-state index in [4.69, 9.17) is 21.3 Å². The number of esters is 1. The molecule has 8 N–H and O–H groups in total. The summed E-state index contributed by atoms with van der Waals surface area (Å²) in [6.07, 6.45) is 1.64. The number of hydrogen-bond donors (Lipinski definition) is 5. The summed E-state index contributed by atoms with van der Waals surface area (Å²) in [7, 11) is -3.85. The topological polar surface area (TPSA) is 197 Å². The Bertz CT molecular complexity index is 1090. The van der Waals surface area contributed by atoms with Gasteiger partial charge in [0.1, 0.15) is 12.6 Å². The molecule has 0 fully saturated rings. The van der Waals surface area contributed by atoms with Crippen LogP contribution in [-0.4, -0.2) is 51.9 Å². The van der Waals surface area contributed by atoms with Crippen molar-refractivity contribution in [2.45, 2.75) is 30.2 Å². The highest BCUT2D eigenvalue weighted by Crippen LogP contribution is 2.10. The van der Waals surface area contributed by atoms with Gasteiger partial charge in [0.15, 0.2) is 0 Å². The highest BCUT2D eigenvalue weighted by Gasteiger charge is 2.22. The third kappa shape index (κ3) is 8.46. The summed E-state index contributed by atoms with van der Waals surface area (Å²) in [5.74, 6) is -1.55. The van der Waals surface area contributed by atoms with E-state index in [0.717, 1.165) is 0 Å². The molecule has 11 nitrogen and oxygen atoms in total. The molecule has 0 aromatic heterocycles. The lowest BCUT2D eigenvalue weighted by Gasteiger charge is -2.18. The second kappa shape index (κ2) is 12.7. The maximum Gasteiger partial charge on any atom is 0.328 e. The number of nitrogen functional groups attached to an aromatic ring is 1. The summed E-state index contributed by atoms with van der Waals surface area (Å²) in [5, 5.41) is 10.3. The number of amides is 2. The van der Waals surface area contributed by atoms with Crippen LogP contribution in [0.4, 0.5) is 5.69 Å². The van der Waals surface area contributed by atoms with Crippen LogP contribution in [0.25, 0.3) is 0 Å². The number of unbranched alkanes of at least 4 members (excludes halogenated alkanes) is 1. The van der Waals surface area contributed by atoms with E-state index in [1.54, 1.807) is 24.3 Å². The quantitative estimate of drug-likeness (QED) is 0.157. The Morgan fingerprint density at radius 1 is 0.912 bits per heavy atom. The van der Waals surface area contributed by atoms with Gasteiger partial charge in [-0.3, -0.25) is 9.59 Å². The van der Waals surface area contributed by atoms with Gasteiger partial charge in [0.25, 0.3) is 11.8 Å². The van der Waals surface area contributed by atoms with Crippen molar-refractivity contribution in [3.63, 3.8) is 0 Å². The zero-order chi connectivity index (χ0) is 25.1. The van der Waals surface area contributed by atoms with E-state index in [1.807, 2.05) is 0 Å². The molecule has 0 saturated heterocycles. The molecular weight excluding hydrogens is 462 g/mol. The van der Waals surface area contributed by atoms with Crippen molar-refractivity contribution in [2.24, 2.45) is 10.9 Å². The number of sulfonamides is 1. The number of carbonyl (C=O) groups excluding carboxylic acids is 3. The summed E-state index contributed by atoms with van der Waals surface area (Å²) in [4.78, 5) is 37.1. The second-order valence-corrected chi connectivity index (χ2v) is 8.99. The fraction of sp³-hybridized carbons (Fsp3) is 0.318. The van der Waals surface area contributed by atoms with Crippen molar-refractivity contribution in [1.29, 1.82) is 0 Å². The van der Waals surface area contributed by atoms with Crippen LogP contribution in [-0.2, 0) is 19.6 Å². The maximum absolute atomic E-state index is 12.5. The second-order valence-electron chi connectivity index (χ2n) is 7.43. The van der Waals surface area contributed by atoms with Crippen molar-refractivity contribution in [1.82, 2.24) is 10.6 Å². The maximum atomic E-state index is 12.5. The Kier molecular flexibility index (Phi) is 9.98. The number of hydrogen-bond acceptors (Lipinski definition) is 8. The van der Waals surface area contributed by atoms with Crippen LogP contribution in [0.15, 0.2) is 53.4 Å². The monoisotopic (exact) mass is 491 g/mol. The summed E-state index contributed by atoms with van der Waals surface area (Å²) < 4.78 is 27.8. The van der Waals surface area contributed by atoms with E-state index >= 15 is 0 Å². The molecule has 2 rings (SSSR count). The number of rotatable bonds is 12. The van der Waals surface area contributed by atoms with Crippen LogP contribution in [0.5, 0.6) is 0 Å². The minimum atomic E-state index is -3.85. The molecule has 0 radical (unpaired) electrons. The van der Waals surface area contributed by atoms with Crippen molar-refractivity contribution in [3.05, 3.63) is 59.7 Å². The van der Waals surface area contributed by atoms with E-state index in [-0.39, 0.29) is 23.6 Å². The SMILES string of the molecule is NCCCCC(NC(=O)c1ccc(N)cc1)C(=O)OCCNC(=O)c1ccc(S(N)(=O)=O)cc1. The fourth-order valence-electron chi connectivity index (χ4n) is 2.93. The first kappa shape index (κ1) is 26.8. The lowest BCUT2D eigenvalue weighted by molar-refractivity contribution is -0.146. The van der Waals surface area contributed by atoms with Crippen LogP contribution < -0.4 is 27.2 Å². The molecule has 0 spiro atoms. The first-order chi connectivity index (χ1) is 16.1. The van der Waals surface area contributed by atoms with Crippen LogP contribution >= 0.6 is 0 Å². The predicted octanol–water partition coefficient (Wildman–Crippen LogP) is 0.117. The third-order valence-corrected chi connectivity index (χ3v) is 5.72. The number of ether oxygens (including phenoxy) is 1. The van der Waals surface area contributed by atoms with Crippen LogP contribution in [0.2, 0.25) is 0 Å². The van der Waals surface area contributed by atoms with Gasteiger partial charge in [-0.15, -0.1) is 0 Å². The standard InChI is InChI=1S/C22H29N5O6S/c23-12-2-1-3-19(27-21(29)16-4-8-17(24)9-5-16)22(30)33-14-13-26-20(28)15-6-10-18(11-7-15)34(25,31)32/h4-11,19H,1-3,12-14,23-24H2,(H,26,28)(H,27,29)(H2,25,31,32). The third-order valence-electron chi connectivity index (χ3n) is 4.79. The summed E-state index contributed by atoms with van der Waals surface area (Å²) in [6, 6.07) is 10.5. The molecule has 1 atom stereocenters. The zero-order valence-corrected chi connectivity index (χ0v) is 19.3. The van der Waals surface area contributed by atoms with Crippen LogP contribution in [0.3, 0.4) is 0 Å². The highest BCUT2D eigenvalue weighted by molar-refractivity contribution is 7.89. The first-order valence-corrected chi connectivity index (χ1v) is 12.1. The molecule has 0 aliphatic carbocycles. The van der Waals surface area contributed by atoms with Crippen molar-refractivity contribution in [3.8, 4) is 0 Å². The van der Waals surface area contributed by atoms with Gasteiger partial charge in [-0.2, -0.15) is 0 Å². The summed E-state index contributed by atoms with van der Waals surface area (Å²) in [5.41, 5.74) is 12.2. The van der Waals surface area contributed by atoms with Crippen molar-refractivity contribution < 1.29 is 27.5 Å². The van der Waals surface area contributed by atoms with E-state index in [2.05, 4.69) is 10.6 Å². The molecule has 2 aromatic rings. The zero-order valence-electron chi connectivity index (χ0n) is 18.5. The molecule has 2 amide bonds. The van der Waals surface area contributed by atoms with Gasteiger partial charge < -0.3 is 26.8 Å². The van der Waals surface area contributed by atoms with Crippen LogP contribution in [0.1, 0.15) is 40.0 Å². The largest absolute Gasteiger partial charge is 0.462 e. The molecule has 12 heteroatoms. The predicted molar refractivity (Wildman–Crippen MR) is 126 cm³/mol. The van der Waals surface area contributed by atoms with Gasteiger partial charge in [0.05, 0.1) is 11.4 Å². The number of anilines is 1. The van der Waals surface area contributed by atoms with Gasteiger partial charge >= 0.3 is 5.97 Å². The number of nitrogens with one attached hydrogen (secondary N) is 2. The Balaban J connectivity index is 1.87. The highest BCUT2D eigenvalue weighted by atomic mass is 32.2. The molecule has 0 saturated carbocycles. The smallest absolute Gasteiger partial charge is 0.328 e. The Morgan fingerprint density at radius 2 is 1.50 bits per heavy atom. The van der Waals surface area contributed by atoms with Gasteiger partial charge in [-0.1, -0.05) is 0 Å². The lowest BCUT2D eigenvalue weighted by Crippen LogP contribution is -2.42. The summed E-state index contributed by atoms with van der Waals surface area (Å²) >= 11 is 0. The van der Waals surface area contributed by atoms with Crippen LogP contribution in [0, 0.1) is 0 Å². The molecule has 0 aliphatic heterocycles. The number of primary sulfonamides is 1. The van der Waals surface area contributed by atoms with E-state index in [1.165, 1.54) is 24.3 Å².